The fraction of sp³-hybridized carbons (Fsp3) is 0.647. The van der Waals surface area contributed by atoms with Gasteiger partial charge in [0.25, 0.3) is 5.91 Å². The predicted molar refractivity (Wildman–Crippen MR) is 96.0 cm³/mol. The van der Waals surface area contributed by atoms with E-state index in [0.717, 1.165) is 25.9 Å². The molecule has 0 bridgehead atoms. The minimum Gasteiger partial charge on any atom is -0.368 e. The number of carbonyl (C=O) groups is 1. The molecular formula is C17H27N3O3S. The highest BCUT2D eigenvalue weighted by molar-refractivity contribution is 7.90. The highest BCUT2D eigenvalue weighted by atomic mass is 32.2. The summed E-state index contributed by atoms with van der Waals surface area (Å²) in [5.41, 5.74) is 0.596. The quantitative estimate of drug-likeness (QED) is 0.848. The van der Waals surface area contributed by atoms with E-state index in [-0.39, 0.29) is 17.7 Å². The van der Waals surface area contributed by atoms with Crippen LogP contribution in [-0.4, -0.2) is 55.3 Å². The fourth-order valence-corrected chi connectivity index (χ4v) is 3.50. The molecule has 0 spiro atoms. The summed E-state index contributed by atoms with van der Waals surface area (Å²) < 4.78 is 22.4. The summed E-state index contributed by atoms with van der Waals surface area (Å²) in [4.78, 5) is 18.6. The van der Waals surface area contributed by atoms with Crippen LogP contribution in [0.25, 0.3) is 0 Å². The molecule has 134 valence electrons. The van der Waals surface area contributed by atoms with Crippen molar-refractivity contribution in [3.63, 3.8) is 0 Å². The first kappa shape index (κ1) is 18.7. The molecule has 1 saturated heterocycles. The van der Waals surface area contributed by atoms with Crippen molar-refractivity contribution in [1.82, 2.24) is 9.88 Å². The van der Waals surface area contributed by atoms with Gasteiger partial charge in [-0.05, 0) is 44.2 Å². The molecule has 24 heavy (non-hydrogen) atoms. The number of anilines is 1. The molecule has 7 heteroatoms. The van der Waals surface area contributed by atoms with Gasteiger partial charge in [0.15, 0.2) is 0 Å². The topological polar surface area (TPSA) is 79.4 Å². The lowest BCUT2D eigenvalue weighted by Gasteiger charge is -2.30. The highest BCUT2D eigenvalue weighted by Gasteiger charge is 2.21. The van der Waals surface area contributed by atoms with Gasteiger partial charge in [0.2, 0.25) is 0 Å². The average molecular weight is 353 g/mol. The Bertz CT molecular complexity index is 650. The van der Waals surface area contributed by atoms with Crippen molar-refractivity contribution in [2.75, 3.05) is 30.4 Å². The molecule has 0 aliphatic carbocycles. The molecule has 2 rings (SSSR count). The molecule has 0 aromatic carbocycles. The number of nitrogens with one attached hydrogen (secondary N) is 1. The number of amides is 1. The van der Waals surface area contributed by atoms with Crippen molar-refractivity contribution in [2.24, 2.45) is 5.92 Å². The van der Waals surface area contributed by atoms with Crippen LogP contribution in [0.1, 0.15) is 43.5 Å². The van der Waals surface area contributed by atoms with Crippen LogP contribution in [0.5, 0.6) is 0 Å². The zero-order valence-corrected chi connectivity index (χ0v) is 15.5. The number of carbonyl (C=O) groups excluding carboxylic acids is 1. The Morgan fingerprint density at radius 1 is 1.38 bits per heavy atom. The lowest BCUT2D eigenvalue weighted by molar-refractivity contribution is 0.0697. The largest absolute Gasteiger partial charge is 0.368 e. The number of sulfone groups is 1. The zero-order valence-electron chi connectivity index (χ0n) is 14.7. The van der Waals surface area contributed by atoms with E-state index >= 15 is 0 Å². The Morgan fingerprint density at radius 3 is 2.58 bits per heavy atom. The molecule has 1 aliphatic rings. The van der Waals surface area contributed by atoms with Gasteiger partial charge in [-0.25, -0.2) is 13.4 Å². The Kier molecular flexibility index (Phi) is 6.21. The first-order chi connectivity index (χ1) is 11.2. The second-order valence-corrected chi connectivity index (χ2v) is 9.13. The number of hydrogen-bond acceptors (Lipinski definition) is 5. The first-order valence-corrected chi connectivity index (χ1v) is 10.5. The molecular weight excluding hydrogens is 326 g/mol. The van der Waals surface area contributed by atoms with Gasteiger partial charge >= 0.3 is 0 Å². The third kappa shape index (κ3) is 5.78. The van der Waals surface area contributed by atoms with Crippen LogP contribution in [-0.2, 0) is 9.84 Å². The lowest BCUT2D eigenvalue weighted by Crippen LogP contribution is -2.37. The van der Waals surface area contributed by atoms with E-state index in [9.17, 15) is 13.2 Å². The van der Waals surface area contributed by atoms with Crippen molar-refractivity contribution in [1.29, 1.82) is 0 Å². The van der Waals surface area contributed by atoms with E-state index in [1.807, 2.05) is 11.8 Å². The Labute approximate surface area is 144 Å². The van der Waals surface area contributed by atoms with Crippen LogP contribution in [0, 0.1) is 5.92 Å². The maximum absolute atomic E-state index is 12.5. The summed E-state index contributed by atoms with van der Waals surface area (Å²) in [5.74, 6) is 1.52. The van der Waals surface area contributed by atoms with Crippen LogP contribution in [0.3, 0.4) is 0 Å². The molecule has 0 saturated carbocycles. The SMILES string of the molecule is CC1CCN(C(=O)c2ccc(NC(C)CCS(C)(=O)=O)nc2)CC1. The number of aromatic nitrogens is 1. The molecule has 6 nitrogen and oxygen atoms in total. The smallest absolute Gasteiger partial charge is 0.255 e. The minimum atomic E-state index is -2.96. The van der Waals surface area contributed by atoms with E-state index in [4.69, 9.17) is 0 Å². The molecule has 1 aromatic heterocycles. The van der Waals surface area contributed by atoms with E-state index in [1.165, 1.54) is 6.26 Å². The van der Waals surface area contributed by atoms with Crippen LogP contribution < -0.4 is 5.32 Å². The van der Waals surface area contributed by atoms with Crippen LogP contribution in [0.4, 0.5) is 5.82 Å². The summed E-state index contributed by atoms with van der Waals surface area (Å²) in [6.07, 6.45) is 5.45. The Hall–Kier alpha value is -1.63. The fourth-order valence-electron chi connectivity index (χ4n) is 2.72. The number of pyridine rings is 1. The zero-order chi connectivity index (χ0) is 17.7. The van der Waals surface area contributed by atoms with Gasteiger partial charge in [-0.1, -0.05) is 6.92 Å². The van der Waals surface area contributed by atoms with Crippen molar-refractivity contribution in [2.45, 2.75) is 39.2 Å². The summed E-state index contributed by atoms with van der Waals surface area (Å²) in [5, 5.41) is 3.17. The van der Waals surface area contributed by atoms with Gasteiger partial charge in [0.05, 0.1) is 11.3 Å². The molecule has 1 atom stereocenters. The number of likely N-dealkylation sites (tertiary alicyclic amines) is 1. The van der Waals surface area contributed by atoms with E-state index in [0.29, 0.717) is 23.7 Å². The number of nitrogens with zero attached hydrogens (tertiary/aromatic N) is 2. The molecule has 2 heterocycles. The van der Waals surface area contributed by atoms with Crippen molar-refractivity contribution < 1.29 is 13.2 Å². The van der Waals surface area contributed by atoms with Crippen molar-refractivity contribution >= 4 is 21.6 Å². The molecule has 1 aliphatic heterocycles. The van der Waals surface area contributed by atoms with Crippen LogP contribution in [0.2, 0.25) is 0 Å². The summed E-state index contributed by atoms with van der Waals surface area (Å²) in [6, 6.07) is 3.55. The molecule has 1 aromatic rings. The van der Waals surface area contributed by atoms with Gasteiger partial charge in [0.1, 0.15) is 15.7 Å². The summed E-state index contributed by atoms with van der Waals surface area (Å²) in [6.45, 7) is 5.75. The second-order valence-electron chi connectivity index (χ2n) is 6.87. The molecule has 0 radical (unpaired) electrons. The number of piperidine rings is 1. The average Bonchev–Trinajstić information content (AvgIpc) is 2.53. The van der Waals surface area contributed by atoms with Crippen molar-refractivity contribution in [3.8, 4) is 0 Å². The summed E-state index contributed by atoms with van der Waals surface area (Å²) >= 11 is 0. The minimum absolute atomic E-state index is 0.00245. The standard InChI is InChI=1S/C17H27N3O3S/c1-13-6-9-20(10-7-13)17(21)15-4-5-16(18-12-15)19-14(2)8-11-24(3,22)23/h4-5,12-14H,6-11H2,1-3H3,(H,18,19). The van der Waals surface area contributed by atoms with Crippen LogP contribution in [0.15, 0.2) is 18.3 Å². The van der Waals surface area contributed by atoms with Crippen molar-refractivity contribution in [3.05, 3.63) is 23.9 Å². The Balaban J connectivity index is 1.89. The summed E-state index contributed by atoms with van der Waals surface area (Å²) in [7, 11) is -2.96. The van der Waals surface area contributed by atoms with Gasteiger partial charge in [-0.3, -0.25) is 4.79 Å². The second kappa shape index (κ2) is 7.96. The van der Waals surface area contributed by atoms with E-state index in [1.54, 1.807) is 18.3 Å². The predicted octanol–water partition coefficient (Wildman–Crippen LogP) is 2.19. The van der Waals surface area contributed by atoms with Gasteiger partial charge < -0.3 is 10.2 Å². The van der Waals surface area contributed by atoms with Gasteiger partial charge in [-0.2, -0.15) is 0 Å². The maximum Gasteiger partial charge on any atom is 0.255 e. The molecule has 1 fully saturated rings. The molecule has 1 unspecified atom stereocenters. The monoisotopic (exact) mass is 353 g/mol. The van der Waals surface area contributed by atoms with Gasteiger partial charge in [0, 0.05) is 31.6 Å². The third-order valence-corrected chi connectivity index (χ3v) is 5.37. The normalized spacial score (nSPS) is 17.5. The maximum atomic E-state index is 12.5. The lowest BCUT2D eigenvalue weighted by atomic mass is 9.99. The van der Waals surface area contributed by atoms with E-state index in [2.05, 4.69) is 17.2 Å². The Morgan fingerprint density at radius 2 is 2.04 bits per heavy atom. The number of rotatable bonds is 6. The molecule has 1 amide bonds. The number of hydrogen-bond donors (Lipinski definition) is 1. The van der Waals surface area contributed by atoms with Crippen LogP contribution >= 0.6 is 0 Å². The highest BCUT2D eigenvalue weighted by Crippen LogP contribution is 2.18. The van der Waals surface area contributed by atoms with Gasteiger partial charge in [-0.15, -0.1) is 0 Å². The molecule has 1 N–H and O–H groups in total. The third-order valence-electron chi connectivity index (χ3n) is 4.40. The first-order valence-electron chi connectivity index (χ1n) is 8.44. The van der Waals surface area contributed by atoms with E-state index < -0.39 is 9.84 Å².